The molecule has 0 spiro atoms. The second-order valence-corrected chi connectivity index (χ2v) is 11.6. The minimum atomic E-state index is -0.799. The van der Waals surface area contributed by atoms with E-state index in [4.69, 9.17) is 9.47 Å². The van der Waals surface area contributed by atoms with Crippen molar-refractivity contribution in [2.75, 3.05) is 13.2 Å². The molecular formula is C39H66O5. The number of allylic oxidation sites excluding steroid dienone is 10. The molecular weight excluding hydrogens is 548 g/mol. The van der Waals surface area contributed by atoms with Gasteiger partial charge in [0.05, 0.1) is 6.61 Å². The molecule has 0 aromatic carbocycles. The maximum Gasteiger partial charge on any atom is 0.306 e. The summed E-state index contributed by atoms with van der Waals surface area (Å²) in [4.78, 5) is 24.1. The summed E-state index contributed by atoms with van der Waals surface area (Å²) in [6, 6.07) is 0. The number of carbonyl (C=O) groups excluding carboxylic acids is 2. The van der Waals surface area contributed by atoms with Gasteiger partial charge in [-0.25, -0.2) is 0 Å². The normalized spacial score (nSPS) is 12.9. The van der Waals surface area contributed by atoms with E-state index in [1.165, 1.54) is 64.2 Å². The number of rotatable bonds is 31. The molecule has 0 aromatic heterocycles. The van der Waals surface area contributed by atoms with E-state index in [2.05, 4.69) is 74.6 Å². The SMILES string of the molecule is CC/C=C\C/C=C\C/C=C\C/C=C\C/C=C\CCCC(=O)OC(CO)COC(=O)CCCCCCCCCCCCCCC. The molecule has 0 fully saturated rings. The highest BCUT2D eigenvalue weighted by atomic mass is 16.6. The number of hydrogen-bond donors (Lipinski definition) is 1. The van der Waals surface area contributed by atoms with E-state index in [0.717, 1.165) is 57.8 Å². The lowest BCUT2D eigenvalue weighted by Crippen LogP contribution is -2.28. The lowest BCUT2D eigenvalue weighted by atomic mass is 10.0. The molecule has 0 aromatic rings. The van der Waals surface area contributed by atoms with Crippen molar-refractivity contribution in [3.05, 3.63) is 60.8 Å². The molecule has 1 N–H and O–H groups in total. The largest absolute Gasteiger partial charge is 0.462 e. The van der Waals surface area contributed by atoms with Crippen molar-refractivity contribution in [2.24, 2.45) is 0 Å². The van der Waals surface area contributed by atoms with E-state index in [1.54, 1.807) is 0 Å². The van der Waals surface area contributed by atoms with Gasteiger partial charge in [-0.15, -0.1) is 0 Å². The predicted molar refractivity (Wildman–Crippen MR) is 187 cm³/mol. The molecule has 0 aliphatic rings. The summed E-state index contributed by atoms with van der Waals surface area (Å²) in [7, 11) is 0. The van der Waals surface area contributed by atoms with Crippen LogP contribution in [-0.2, 0) is 19.1 Å². The van der Waals surface area contributed by atoms with Gasteiger partial charge < -0.3 is 14.6 Å². The lowest BCUT2D eigenvalue weighted by Gasteiger charge is -2.15. The highest BCUT2D eigenvalue weighted by molar-refractivity contribution is 5.70. The number of esters is 2. The summed E-state index contributed by atoms with van der Waals surface area (Å²) in [5.41, 5.74) is 0. The number of hydrogen-bond acceptors (Lipinski definition) is 5. The summed E-state index contributed by atoms with van der Waals surface area (Å²) in [5, 5.41) is 9.51. The van der Waals surface area contributed by atoms with Crippen molar-refractivity contribution >= 4 is 11.9 Å². The Kier molecular flexibility index (Phi) is 33.2. The zero-order chi connectivity index (χ0) is 32.2. The van der Waals surface area contributed by atoms with Crippen molar-refractivity contribution in [3.8, 4) is 0 Å². The Labute approximate surface area is 271 Å². The zero-order valence-electron chi connectivity index (χ0n) is 28.4. The van der Waals surface area contributed by atoms with E-state index in [9.17, 15) is 14.7 Å². The minimum Gasteiger partial charge on any atom is -0.462 e. The number of aliphatic hydroxyl groups excluding tert-OH is 1. The third-order valence-electron chi connectivity index (χ3n) is 7.33. The van der Waals surface area contributed by atoms with Crippen LogP contribution in [0.4, 0.5) is 0 Å². The van der Waals surface area contributed by atoms with E-state index >= 15 is 0 Å². The van der Waals surface area contributed by atoms with Gasteiger partial charge in [-0.2, -0.15) is 0 Å². The van der Waals surface area contributed by atoms with Crippen LogP contribution in [0.1, 0.15) is 155 Å². The van der Waals surface area contributed by atoms with Crippen LogP contribution in [0.15, 0.2) is 60.8 Å². The number of unbranched alkanes of at least 4 members (excludes halogenated alkanes) is 13. The molecule has 5 nitrogen and oxygen atoms in total. The van der Waals surface area contributed by atoms with Crippen LogP contribution >= 0.6 is 0 Å². The maximum absolute atomic E-state index is 12.1. The van der Waals surface area contributed by atoms with Gasteiger partial charge >= 0.3 is 11.9 Å². The molecule has 0 bridgehead atoms. The standard InChI is InChI=1S/C39H66O5/c1-3-5-7-9-11-13-15-17-18-19-20-22-24-26-28-30-32-34-39(42)44-37(35-40)36-43-38(41)33-31-29-27-25-23-21-16-14-12-10-8-6-4-2/h5,7,11,13,17-18,20,22,26,28,37,40H,3-4,6,8-10,12,14-16,19,21,23-25,27,29-36H2,1-2H3/b7-5-,13-11-,18-17-,22-20-,28-26-. The monoisotopic (exact) mass is 614 g/mol. The Balaban J connectivity index is 3.70. The highest BCUT2D eigenvalue weighted by Gasteiger charge is 2.15. The van der Waals surface area contributed by atoms with Crippen LogP contribution in [0.3, 0.4) is 0 Å². The molecule has 0 heterocycles. The second-order valence-electron chi connectivity index (χ2n) is 11.6. The fourth-order valence-electron chi connectivity index (χ4n) is 4.65. The first-order valence-electron chi connectivity index (χ1n) is 17.8. The van der Waals surface area contributed by atoms with Gasteiger partial charge in [0.1, 0.15) is 6.61 Å². The predicted octanol–water partition coefficient (Wildman–Crippen LogP) is 10.8. The molecule has 0 saturated carbocycles. The van der Waals surface area contributed by atoms with Crippen LogP contribution in [0.5, 0.6) is 0 Å². The smallest absolute Gasteiger partial charge is 0.306 e. The Morgan fingerprint density at radius 1 is 0.545 bits per heavy atom. The van der Waals surface area contributed by atoms with Gasteiger partial charge in [0.2, 0.25) is 0 Å². The highest BCUT2D eigenvalue weighted by Crippen LogP contribution is 2.13. The Bertz CT molecular complexity index is 792. The minimum absolute atomic E-state index is 0.0890. The van der Waals surface area contributed by atoms with Crippen molar-refractivity contribution in [3.63, 3.8) is 0 Å². The van der Waals surface area contributed by atoms with Crippen molar-refractivity contribution in [1.29, 1.82) is 0 Å². The van der Waals surface area contributed by atoms with Crippen LogP contribution in [-0.4, -0.2) is 36.4 Å². The zero-order valence-corrected chi connectivity index (χ0v) is 28.4. The van der Waals surface area contributed by atoms with Crippen LogP contribution in [0.2, 0.25) is 0 Å². The van der Waals surface area contributed by atoms with Crippen molar-refractivity contribution in [2.45, 2.75) is 161 Å². The van der Waals surface area contributed by atoms with Gasteiger partial charge in [-0.05, 0) is 51.4 Å². The van der Waals surface area contributed by atoms with E-state index in [-0.39, 0.29) is 31.6 Å². The summed E-state index contributed by atoms with van der Waals surface area (Å²) in [6.07, 6.45) is 44.2. The molecule has 5 heteroatoms. The molecule has 1 unspecified atom stereocenters. The fraction of sp³-hybridized carbons (Fsp3) is 0.692. The fourth-order valence-corrected chi connectivity index (χ4v) is 4.65. The first kappa shape index (κ1) is 41.6. The van der Waals surface area contributed by atoms with Gasteiger partial charge in [0.15, 0.2) is 6.10 Å². The first-order chi connectivity index (χ1) is 21.6. The third kappa shape index (κ3) is 32.5. The number of aliphatic hydroxyl groups is 1. The summed E-state index contributed by atoms with van der Waals surface area (Å²) in [5.74, 6) is -0.662. The number of carbonyl (C=O) groups is 2. The van der Waals surface area contributed by atoms with Gasteiger partial charge in [0.25, 0.3) is 0 Å². The maximum atomic E-state index is 12.1. The molecule has 0 saturated heterocycles. The van der Waals surface area contributed by atoms with Gasteiger partial charge in [-0.1, -0.05) is 152 Å². The van der Waals surface area contributed by atoms with Gasteiger partial charge in [0, 0.05) is 12.8 Å². The summed E-state index contributed by atoms with van der Waals surface area (Å²) in [6.45, 7) is 3.96. The molecule has 0 amide bonds. The quantitative estimate of drug-likeness (QED) is 0.0478. The molecule has 0 aliphatic carbocycles. The Morgan fingerprint density at radius 2 is 0.977 bits per heavy atom. The van der Waals surface area contributed by atoms with E-state index in [0.29, 0.717) is 12.8 Å². The van der Waals surface area contributed by atoms with Crippen molar-refractivity contribution in [1.82, 2.24) is 0 Å². The average molecular weight is 615 g/mol. The molecule has 0 radical (unpaired) electrons. The average Bonchev–Trinajstić information content (AvgIpc) is 3.02. The Morgan fingerprint density at radius 3 is 1.45 bits per heavy atom. The first-order valence-corrected chi connectivity index (χ1v) is 17.8. The van der Waals surface area contributed by atoms with Gasteiger partial charge in [-0.3, -0.25) is 9.59 Å². The van der Waals surface area contributed by atoms with Crippen molar-refractivity contribution < 1.29 is 24.2 Å². The summed E-state index contributed by atoms with van der Waals surface area (Å²) < 4.78 is 10.5. The van der Waals surface area contributed by atoms with Crippen LogP contribution < -0.4 is 0 Å². The van der Waals surface area contributed by atoms with E-state index < -0.39 is 6.10 Å². The van der Waals surface area contributed by atoms with Crippen LogP contribution in [0, 0.1) is 0 Å². The van der Waals surface area contributed by atoms with Crippen LogP contribution in [0.25, 0.3) is 0 Å². The summed E-state index contributed by atoms with van der Waals surface area (Å²) >= 11 is 0. The molecule has 1 atom stereocenters. The molecule has 0 rings (SSSR count). The Hall–Kier alpha value is -2.40. The number of ether oxygens (including phenoxy) is 2. The third-order valence-corrected chi connectivity index (χ3v) is 7.33. The lowest BCUT2D eigenvalue weighted by molar-refractivity contribution is -0.161. The van der Waals surface area contributed by atoms with E-state index in [1.807, 2.05) is 0 Å². The topological polar surface area (TPSA) is 72.8 Å². The molecule has 44 heavy (non-hydrogen) atoms. The molecule has 0 aliphatic heterocycles. The second kappa shape index (κ2) is 35.1. The molecule has 252 valence electrons.